The Morgan fingerprint density at radius 1 is 0.902 bits per heavy atom. The van der Waals surface area contributed by atoms with Crippen LogP contribution in [0.15, 0.2) is 58.6 Å². The van der Waals surface area contributed by atoms with Gasteiger partial charge in [0.1, 0.15) is 23.3 Å². The highest BCUT2D eigenvalue weighted by molar-refractivity contribution is 6.00. The smallest absolute Gasteiger partial charge is 0.315 e. The third-order valence-corrected chi connectivity index (χ3v) is 11.3. The molecule has 1 fully saturated rings. The van der Waals surface area contributed by atoms with Crippen LogP contribution in [-0.2, 0) is 32.1 Å². The van der Waals surface area contributed by atoms with Crippen LogP contribution in [0.5, 0.6) is 5.75 Å². The summed E-state index contributed by atoms with van der Waals surface area (Å²) in [6, 6.07) is 8.57. The second-order valence-corrected chi connectivity index (χ2v) is 16.0. The Balaban J connectivity index is 1.29. The van der Waals surface area contributed by atoms with Gasteiger partial charge in [-0.2, -0.15) is 0 Å². The molecule has 2 aliphatic rings. The van der Waals surface area contributed by atoms with E-state index in [4.69, 9.17) is 14.3 Å². The quantitative estimate of drug-likeness (QED) is 0.0356. The standard InChI is InChI=1S/C46H59F2N5O8/c1-5-6-7-8-9-10-11-12-13-14-15-16-40(54)50-35-22-18-32(19-23-35)25-41(55)60-44-42-46(58)52-29-38(39(24-17-30(52)2)61-51-31(3)59-4)53(42)28-36(43(44)56)45(57)49-27-33-20-21-34(47)26-37(33)48/h18-23,26,28,30,38-39H,5-17,24-25,27,29H2,1-4H3,(H,49,57)(H,50,54)/b51-31+. The molecule has 1 saturated heterocycles. The Labute approximate surface area is 356 Å². The maximum Gasteiger partial charge on any atom is 0.315 e. The number of hydrogen-bond acceptors (Lipinski definition) is 9. The van der Waals surface area contributed by atoms with Gasteiger partial charge in [0.2, 0.25) is 23.0 Å². The van der Waals surface area contributed by atoms with Crippen LogP contribution >= 0.6 is 0 Å². The Morgan fingerprint density at radius 3 is 2.23 bits per heavy atom. The number of esters is 1. The molecule has 0 saturated carbocycles. The molecule has 0 radical (unpaired) electrons. The largest absolute Gasteiger partial charge is 0.482 e. The van der Waals surface area contributed by atoms with E-state index in [0.717, 1.165) is 25.3 Å². The zero-order chi connectivity index (χ0) is 43.9. The first kappa shape index (κ1) is 46.5. The number of nitrogens with zero attached hydrogens (tertiary/aromatic N) is 3. The number of anilines is 1. The molecule has 2 aromatic carbocycles. The fourth-order valence-electron chi connectivity index (χ4n) is 7.71. The summed E-state index contributed by atoms with van der Waals surface area (Å²) < 4.78 is 40.3. The minimum atomic E-state index is -1.03. The van der Waals surface area contributed by atoms with Gasteiger partial charge in [-0.3, -0.25) is 24.0 Å². The first-order valence-electron chi connectivity index (χ1n) is 21.6. The van der Waals surface area contributed by atoms with Crippen LogP contribution in [-0.4, -0.2) is 64.9 Å². The molecule has 3 heterocycles. The van der Waals surface area contributed by atoms with Crippen molar-refractivity contribution in [1.29, 1.82) is 0 Å². The van der Waals surface area contributed by atoms with Gasteiger partial charge in [-0.15, -0.1) is 0 Å². The Hall–Kier alpha value is -5.60. The summed E-state index contributed by atoms with van der Waals surface area (Å²) in [5.41, 5.74) is -0.695. The number of unbranched alkanes of at least 4 members (excludes halogenated alkanes) is 10. The topological polar surface area (TPSA) is 158 Å². The zero-order valence-corrected chi connectivity index (χ0v) is 35.7. The molecule has 3 aromatic rings. The molecule has 5 rings (SSSR count). The average molecular weight is 848 g/mol. The maximum atomic E-state index is 14.4. The zero-order valence-electron chi connectivity index (χ0n) is 35.7. The number of pyridine rings is 1. The van der Waals surface area contributed by atoms with Gasteiger partial charge in [-0.25, -0.2) is 8.78 Å². The van der Waals surface area contributed by atoms with E-state index in [0.29, 0.717) is 36.6 Å². The molecule has 3 unspecified atom stereocenters. The number of carbonyl (C=O) groups excluding carboxylic acids is 4. The predicted octanol–water partition coefficient (Wildman–Crippen LogP) is 8.39. The lowest BCUT2D eigenvalue weighted by molar-refractivity contribution is -0.133. The highest BCUT2D eigenvalue weighted by atomic mass is 19.1. The van der Waals surface area contributed by atoms with Crippen LogP contribution in [0.1, 0.15) is 149 Å². The van der Waals surface area contributed by atoms with E-state index >= 15 is 0 Å². The van der Waals surface area contributed by atoms with E-state index in [1.54, 1.807) is 36.1 Å². The molecule has 3 amide bonds. The lowest BCUT2D eigenvalue weighted by atomic mass is 10.0. The van der Waals surface area contributed by atoms with Crippen molar-refractivity contribution in [2.24, 2.45) is 5.16 Å². The summed E-state index contributed by atoms with van der Waals surface area (Å²) in [6.07, 6.45) is 14.8. The van der Waals surface area contributed by atoms with Gasteiger partial charge >= 0.3 is 5.97 Å². The van der Waals surface area contributed by atoms with E-state index in [-0.39, 0.29) is 48.6 Å². The molecule has 330 valence electrons. The fraction of sp³-hybridized carbons (Fsp3) is 0.522. The van der Waals surface area contributed by atoms with Crippen LogP contribution in [0, 0.1) is 11.6 Å². The number of hydrogen-bond donors (Lipinski definition) is 2. The van der Waals surface area contributed by atoms with Crippen molar-refractivity contribution in [3.05, 3.63) is 92.9 Å². The number of halogens is 2. The number of methoxy groups -OCH3 is 1. The monoisotopic (exact) mass is 847 g/mol. The molecular formula is C46H59F2N5O8. The molecule has 15 heteroatoms. The number of rotatable bonds is 21. The molecule has 0 spiro atoms. The van der Waals surface area contributed by atoms with Crippen molar-refractivity contribution in [1.82, 2.24) is 14.8 Å². The normalized spacial score (nSPS) is 17.3. The molecule has 2 N–H and O–H groups in total. The van der Waals surface area contributed by atoms with Gasteiger partial charge in [-0.05, 0) is 49.9 Å². The number of aromatic nitrogens is 1. The number of oxime groups is 1. The lowest BCUT2D eigenvalue weighted by Crippen LogP contribution is -2.49. The highest BCUT2D eigenvalue weighted by Gasteiger charge is 2.44. The number of carbonyl (C=O) groups is 4. The number of amides is 3. The van der Waals surface area contributed by atoms with Crippen molar-refractivity contribution < 1.29 is 42.3 Å². The third kappa shape index (κ3) is 12.9. The minimum Gasteiger partial charge on any atom is -0.482 e. The van der Waals surface area contributed by atoms with Crippen molar-refractivity contribution in [3.8, 4) is 5.75 Å². The molecular weight excluding hydrogens is 789 g/mol. The predicted molar refractivity (Wildman–Crippen MR) is 227 cm³/mol. The summed E-state index contributed by atoms with van der Waals surface area (Å²) in [5.74, 6) is -4.56. The van der Waals surface area contributed by atoms with E-state index in [9.17, 15) is 32.8 Å². The SMILES string of the molecule is CCCCCCCCCCCCCC(=O)Nc1ccc(CC(=O)Oc2c3n(cc(C(=O)NCc4ccc(F)cc4F)c2=O)C2CN(C3=O)C(C)CCC2O/N=C(\C)OC)cc1. The van der Waals surface area contributed by atoms with Gasteiger partial charge in [0.25, 0.3) is 11.8 Å². The summed E-state index contributed by atoms with van der Waals surface area (Å²) in [7, 11) is 1.44. The summed E-state index contributed by atoms with van der Waals surface area (Å²) in [4.78, 5) is 75.6. The highest BCUT2D eigenvalue weighted by Crippen LogP contribution is 2.36. The Bertz CT molecular complexity index is 2090. The summed E-state index contributed by atoms with van der Waals surface area (Å²) in [5, 5.41) is 9.45. The van der Waals surface area contributed by atoms with Crippen molar-refractivity contribution in [3.63, 3.8) is 0 Å². The Morgan fingerprint density at radius 2 is 1.57 bits per heavy atom. The van der Waals surface area contributed by atoms with E-state index in [1.165, 1.54) is 75.3 Å². The van der Waals surface area contributed by atoms with E-state index in [1.807, 2.05) is 6.92 Å². The second-order valence-electron chi connectivity index (χ2n) is 16.0. The van der Waals surface area contributed by atoms with Gasteiger partial charge in [-0.1, -0.05) is 94.5 Å². The lowest BCUT2D eigenvalue weighted by Gasteiger charge is -2.38. The molecule has 13 nitrogen and oxygen atoms in total. The van der Waals surface area contributed by atoms with Gasteiger partial charge in [0.15, 0.2) is 5.69 Å². The van der Waals surface area contributed by atoms with Crippen LogP contribution < -0.4 is 20.8 Å². The van der Waals surface area contributed by atoms with Crippen LogP contribution in [0.3, 0.4) is 0 Å². The molecule has 3 atom stereocenters. The molecule has 61 heavy (non-hydrogen) atoms. The number of nitrogens with one attached hydrogen (secondary N) is 2. The van der Waals surface area contributed by atoms with Crippen molar-refractivity contribution in [2.45, 2.75) is 142 Å². The van der Waals surface area contributed by atoms with Gasteiger partial charge in [0, 0.05) is 56.0 Å². The minimum absolute atomic E-state index is 0.0298. The van der Waals surface area contributed by atoms with Gasteiger partial charge in [0.05, 0.1) is 19.6 Å². The van der Waals surface area contributed by atoms with Crippen LogP contribution in [0.2, 0.25) is 0 Å². The van der Waals surface area contributed by atoms with Gasteiger partial charge < -0.3 is 34.4 Å². The second kappa shape index (κ2) is 22.8. The average Bonchev–Trinajstić information content (AvgIpc) is 3.38. The van der Waals surface area contributed by atoms with Crippen LogP contribution in [0.4, 0.5) is 14.5 Å². The summed E-state index contributed by atoms with van der Waals surface area (Å²) in [6.45, 7) is 5.44. The molecule has 1 aromatic heterocycles. The fourth-order valence-corrected chi connectivity index (χ4v) is 7.71. The Kier molecular flexibility index (Phi) is 17.4. The van der Waals surface area contributed by atoms with Crippen molar-refractivity contribution >= 4 is 35.3 Å². The van der Waals surface area contributed by atoms with Crippen molar-refractivity contribution in [2.75, 3.05) is 19.0 Å². The summed E-state index contributed by atoms with van der Waals surface area (Å²) >= 11 is 0. The van der Waals surface area contributed by atoms with E-state index in [2.05, 4.69) is 22.7 Å². The molecule has 2 bridgehead atoms. The van der Waals surface area contributed by atoms with Crippen LogP contribution in [0.25, 0.3) is 0 Å². The third-order valence-electron chi connectivity index (χ3n) is 11.3. The maximum absolute atomic E-state index is 14.4. The molecule has 2 aliphatic heterocycles. The number of benzene rings is 2. The number of fused-ring (bicyclic) bond motifs is 4. The first-order chi connectivity index (χ1) is 29.4. The first-order valence-corrected chi connectivity index (χ1v) is 21.6. The molecule has 0 aliphatic carbocycles. The number of ether oxygens (including phenoxy) is 2. The van der Waals surface area contributed by atoms with E-state index < -0.39 is 58.3 Å².